The first-order chi connectivity index (χ1) is 14.1. The normalized spacial score (nSPS) is 12.4. The standard InChI is InChI=1S/C21H20N4O2S2/c1-13(2)14(3)29-18-10-9-16-19(15-7-5-4-6-8-15)24-25(20(16)23-18)21-22-17(11-28-21)27-12-26/h4-14H,1-3H3. The maximum atomic E-state index is 10.6. The van der Waals surface area contributed by atoms with E-state index < -0.39 is 0 Å². The van der Waals surface area contributed by atoms with Gasteiger partial charge in [-0.1, -0.05) is 62.4 Å². The van der Waals surface area contributed by atoms with Crippen LogP contribution in [0.3, 0.4) is 0 Å². The van der Waals surface area contributed by atoms with Gasteiger partial charge in [-0.05, 0) is 18.1 Å². The smallest absolute Gasteiger partial charge is 0.299 e. The summed E-state index contributed by atoms with van der Waals surface area (Å²) in [4.78, 5) is 19.9. The SMILES string of the molecule is CC(C)C(C)Sc1ccc2c(-c3ccccc3)nn(-c3nc(OC=O)cs3)c2n1. The summed E-state index contributed by atoms with van der Waals surface area (Å²) in [5.74, 6) is 0.799. The van der Waals surface area contributed by atoms with Crippen LogP contribution < -0.4 is 4.74 Å². The highest BCUT2D eigenvalue weighted by molar-refractivity contribution is 7.99. The Labute approximate surface area is 177 Å². The number of carbonyl (C=O) groups excluding carboxylic acids is 1. The van der Waals surface area contributed by atoms with Crippen LogP contribution in [0.5, 0.6) is 5.88 Å². The molecule has 1 unspecified atom stereocenters. The molecule has 148 valence electrons. The number of nitrogens with zero attached hydrogens (tertiary/aromatic N) is 4. The number of hydrogen-bond acceptors (Lipinski definition) is 7. The fourth-order valence-electron chi connectivity index (χ4n) is 2.76. The molecule has 6 nitrogen and oxygen atoms in total. The van der Waals surface area contributed by atoms with Crippen LogP contribution in [0.15, 0.2) is 52.9 Å². The van der Waals surface area contributed by atoms with E-state index in [-0.39, 0.29) is 5.88 Å². The molecular weight excluding hydrogens is 404 g/mol. The lowest BCUT2D eigenvalue weighted by atomic mass is 10.1. The van der Waals surface area contributed by atoms with Crippen molar-refractivity contribution in [2.24, 2.45) is 5.92 Å². The van der Waals surface area contributed by atoms with E-state index in [0.29, 0.717) is 22.8 Å². The summed E-state index contributed by atoms with van der Waals surface area (Å²) >= 11 is 3.10. The van der Waals surface area contributed by atoms with Gasteiger partial charge in [-0.3, -0.25) is 4.79 Å². The van der Waals surface area contributed by atoms with Crippen LogP contribution in [-0.2, 0) is 4.79 Å². The minimum absolute atomic E-state index is 0.254. The largest absolute Gasteiger partial charge is 0.409 e. The second-order valence-corrected chi connectivity index (χ2v) is 9.13. The van der Waals surface area contributed by atoms with Crippen molar-refractivity contribution in [3.63, 3.8) is 0 Å². The lowest BCUT2D eigenvalue weighted by Crippen LogP contribution is -2.06. The summed E-state index contributed by atoms with van der Waals surface area (Å²) in [6.45, 7) is 6.99. The molecule has 4 aromatic rings. The quantitative estimate of drug-likeness (QED) is 0.299. The molecule has 4 rings (SSSR count). The van der Waals surface area contributed by atoms with E-state index in [2.05, 4.69) is 31.8 Å². The molecule has 3 heterocycles. The number of carbonyl (C=O) groups is 1. The van der Waals surface area contributed by atoms with Crippen molar-refractivity contribution in [2.45, 2.75) is 31.0 Å². The van der Waals surface area contributed by atoms with Gasteiger partial charge in [-0.25, -0.2) is 4.98 Å². The summed E-state index contributed by atoms with van der Waals surface area (Å²) in [6, 6.07) is 14.1. The van der Waals surface area contributed by atoms with Crippen molar-refractivity contribution in [3.05, 3.63) is 47.8 Å². The highest BCUT2D eigenvalue weighted by Crippen LogP contribution is 2.33. The predicted octanol–water partition coefficient (Wildman–Crippen LogP) is 5.22. The summed E-state index contributed by atoms with van der Waals surface area (Å²) in [7, 11) is 0. The zero-order valence-electron chi connectivity index (χ0n) is 16.3. The Morgan fingerprint density at radius 3 is 2.62 bits per heavy atom. The third kappa shape index (κ3) is 4.04. The second kappa shape index (κ2) is 8.34. The first kappa shape index (κ1) is 19.6. The van der Waals surface area contributed by atoms with E-state index in [1.807, 2.05) is 36.4 Å². The van der Waals surface area contributed by atoms with Gasteiger partial charge < -0.3 is 4.74 Å². The molecule has 0 saturated heterocycles. The minimum atomic E-state index is 0.254. The number of ether oxygens (including phenoxy) is 1. The molecule has 0 bridgehead atoms. The molecule has 3 aromatic heterocycles. The number of fused-ring (bicyclic) bond motifs is 1. The number of aromatic nitrogens is 4. The average molecular weight is 425 g/mol. The number of pyridine rings is 1. The summed E-state index contributed by atoms with van der Waals surface area (Å²) in [6.07, 6.45) is 0. The lowest BCUT2D eigenvalue weighted by Gasteiger charge is -2.14. The van der Waals surface area contributed by atoms with E-state index in [0.717, 1.165) is 27.3 Å². The minimum Gasteiger partial charge on any atom is -0.409 e. The molecule has 0 fully saturated rings. The fraction of sp³-hybridized carbons (Fsp3) is 0.238. The van der Waals surface area contributed by atoms with Crippen LogP contribution in [0.2, 0.25) is 0 Å². The molecule has 1 atom stereocenters. The Balaban J connectivity index is 1.86. The Bertz CT molecular complexity index is 1140. The Morgan fingerprint density at radius 2 is 1.90 bits per heavy atom. The monoisotopic (exact) mass is 424 g/mol. The zero-order valence-corrected chi connectivity index (χ0v) is 17.9. The molecule has 0 amide bonds. The van der Waals surface area contributed by atoms with E-state index in [9.17, 15) is 4.79 Å². The van der Waals surface area contributed by atoms with Crippen molar-refractivity contribution in [3.8, 4) is 22.3 Å². The third-order valence-electron chi connectivity index (χ3n) is 4.62. The van der Waals surface area contributed by atoms with Gasteiger partial charge in [0.2, 0.25) is 11.0 Å². The van der Waals surface area contributed by atoms with Gasteiger partial charge in [0, 0.05) is 16.2 Å². The molecule has 0 N–H and O–H groups in total. The molecule has 0 aliphatic heterocycles. The molecule has 8 heteroatoms. The van der Waals surface area contributed by atoms with Crippen molar-refractivity contribution in [2.75, 3.05) is 0 Å². The van der Waals surface area contributed by atoms with Crippen molar-refractivity contribution < 1.29 is 9.53 Å². The van der Waals surface area contributed by atoms with E-state index in [1.54, 1.807) is 21.8 Å². The number of rotatable bonds is 7. The molecule has 29 heavy (non-hydrogen) atoms. The highest BCUT2D eigenvalue weighted by Gasteiger charge is 2.19. The first-order valence-corrected chi connectivity index (χ1v) is 11.0. The zero-order chi connectivity index (χ0) is 20.4. The molecule has 0 aliphatic carbocycles. The van der Waals surface area contributed by atoms with E-state index in [1.165, 1.54) is 11.3 Å². The molecule has 0 aliphatic rings. The number of thioether (sulfide) groups is 1. The maximum absolute atomic E-state index is 10.6. The van der Waals surface area contributed by atoms with Crippen LogP contribution in [0, 0.1) is 5.92 Å². The molecule has 0 spiro atoms. The highest BCUT2D eigenvalue weighted by atomic mass is 32.2. The molecule has 0 radical (unpaired) electrons. The molecule has 0 saturated carbocycles. The maximum Gasteiger partial charge on any atom is 0.299 e. The summed E-state index contributed by atoms with van der Waals surface area (Å²) in [5.41, 5.74) is 2.58. The van der Waals surface area contributed by atoms with Gasteiger partial charge in [0.1, 0.15) is 5.69 Å². The second-order valence-electron chi connectivity index (χ2n) is 6.90. The van der Waals surface area contributed by atoms with E-state index in [4.69, 9.17) is 14.8 Å². The topological polar surface area (TPSA) is 69.9 Å². The Morgan fingerprint density at radius 1 is 1.10 bits per heavy atom. The van der Waals surface area contributed by atoms with Crippen LogP contribution in [0.4, 0.5) is 0 Å². The molecular formula is C21H20N4O2S2. The van der Waals surface area contributed by atoms with Crippen LogP contribution >= 0.6 is 23.1 Å². The van der Waals surface area contributed by atoms with Crippen LogP contribution in [0.1, 0.15) is 20.8 Å². The molecule has 1 aromatic carbocycles. The fourth-order valence-corrected chi connectivity index (χ4v) is 4.39. The van der Waals surface area contributed by atoms with Gasteiger partial charge in [-0.15, -0.1) is 11.8 Å². The third-order valence-corrected chi connectivity index (χ3v) is 6.80. The lowest BCUT2D eigenvalue weighted by molar-refractivity contribution is -0.120. The first-order valence-electron chi connectivity index (χ1n) is 9.25. The van der Waals surface area contributed by atoms with Crippen molar-refractivity contribution >= 4 is 40.6 Å². The van der Waals surface area contributed by atoms with Gasteiger partial charge in [-0.2, -0.15) is 14.8 Å². The van der Waals surface area contributed by atoms with Gasteiger partial charge in [0.25, 0.3) is 6.47 Å². The predicted molar refractivity (Wildman–Crippen MR) is 117 cm³/mol. The van der Waals surface area contributed by atoms with Gasteiger partial charge >= 0.3 is 0 Å². The Hall–Kier alpha value is -2.71. The number of hydrogen-bond donors (Lipinski definition) is 0. The summed E-state index contributed by atoms with van der Waals surface area (Å²) < 4.78 is 6.59. The van der Waals surface area contributed by atoms with Gasteiger partial charge in [0.15, 0.2) is 5.65 Å². The Kier molecular flexibility index (Phi) is 5.64. The van der Waals surface area contributed by atoms with Crippen molar-refractivity contribution in [1.82, 2.24) is 19.7 Å². The van der Waals surface area contributed by atoms with Crippen LogP contribution in [-0.4, -0.2) is 31.5 Å². The van der Waals surface area contributed by atoms with Gasteiger partial charge in [0.05, 0.1) is 10.4 Å². The number of thiazole rings is 1. The summed E-state index contributed by atoms with van der Waals surface area (Å²) in [5, 5.41) is 9.42. The van der Waals surface area contributed by atoms with Crippen LogP contribution in [0.25, 0.3) is 27.4 Å². The number of benzene rings is 1. The van der Waals surface area contributed by atoms with Crippen molar-refractivity contribution in [1.29, 1.82) is 0 Å². The average Bonchev–Trinajstić information content (AvgIpc) is 3.33. The van der Waals surface area contributed by atoms with E-state index >= 15 is 0 Å².